The van der Waals surface area contributed by atoms with E-state index in [1.165, 1.54) is 0 Å². The lowest BCUT2D eigenvalue weighted by molar-refractivity contribution is -0.134. The Bertz CT molecular complexity index is 166. The van der Waals surface area contributed by atoms with Crippen molar-refractivity contribution in [3.8, 4) is 0 Å². The van der Waals surface area contributed by atoms with Crippen molar-refractivity contribution in [2.75, 3.05) is 13.1 Å². The molecule has 2 N–H and O–H groups in total. The van der Waals surface area contributed by atoms with Gasteiger partial charge in [-0.25, -0.2) is 0 Å². The van der Waals surface area contributed by atoms with Crippen molar-refractivity contribution < 1.29 is 14.6 Å². The van der Waals surface area contributed by atoms with E-state index in [2.05, 4.69) is 11.9 Å². The molecule has 75 valence electrons. The second-order valence-corrected chi connectivity index (χ2v) is 2.12. The lowest BCUT2D eigenvalue weighted by Gasteiger charge is -2.07. The Balaban J connectivity index is 0. The molecule has 0 fully saturated rings. The largest absolute Gasteiger partial charge is 0.482 e. The fraction of sp³-hybridized carbons (Fsp3) is 0.571. The molecule has 0 saturated carbocycles. The van der Waals surface area contributed by atoms with E-state index in [1.54, 1.807) is 7.28 Å². The maximum atomic E-state index is 10.1. The summed E-state index contributed by atoms with van der Waals surface area (Å²) >= 11 is 0. The fourth-order valence-corrected chi connectivity index (χ4v) is 0.607. The van der Waals surface area contributed by atoms with Crippen LogP contribution in [0, 0.1) is 0 Å². The second kappa shape index (κ2) is 9.69. The first kappa shape index (κ1) is 15.1. The van der Waals surface area contributed by atoms with Gasteiger partial charge in [0.25, 0.3) is 5.97 Å². The van der Waals surface area contributed by atoms with Gasteiger partial charge < -0.3 is 15.2 Å². The maximum Gasteiger partial charge on any atom is 0.295 e. The minimum absolute atomic E-state index is 0. The molecule has 0 aromatic carbocycles. The summed E-state index contributed by atoms with van der Waals surface area (Å²) in [5.41, 5.74) is 0. The number of hydrogen-bond acceptors (Lipinski definition) is 3. The summed E-state index contributed by atoms with van der Waals surface area (Å²) in [6.07, 6.45) is 0.511. The minimum Gasteiger partial charge on any atom is -0.482 e. The van der Waals surface area contributed by atoms with Crippen LogP contribution in [-0.2, 0) is 9.53 Å². The van der Waals surface area contributed by atoms with Crippen molar-refractivity contribution in [2.24, 2.45) is 0 Å². The smallest absolute Gasteiger partial charge is 0.295 e. The molecule has 4 nitrogen and oxygen atoms in total. The summed E-state index contributed by atoms with van der Waals surface area (Å²) in [5.74, 6) is -0.363. The summed E-state index contributed by atoms with van der Waals surface area (Å²) < 4.78 is 4.98. The molecular weight excluding hydrogens is 284 g/mol. The van der Waals surface area contributed by atoms with Crippen LogP contribution in [0.3, 0.4) is 0 Å². The Labute approximate surface area is 96.0 Å². The highest BCUT2D eigenvalue weighted by Gasteiger charge is 1.98. The van der Waals surface area contributed by atoms with Crippen LogP contribution in [0.5, 0.6) is 0 Å². The molecule has 13 heavy (non-hydrogen) atoms. The Morgan fingerprint density at radius 3 is 2.77 bits per heavy atom. The Morgan fingerprint density at radius 2 is 2.31 bits per heavy atom. The molecule has 0 aliphatic rings. The number of carboxylic acids is 1. The molecule has 0 atom stereocenters. The maximum absolute atomic E-state index is 10.1. The Kier molecular flexibility index (Phi) is 11.3. The van der Waals surface area contributed by atoms with Gasteiger partial charge in [0.15, 0.2) is 5.88 Å². The molecule has 1 radical (unpaired) electrons. The van der Waals surface area contributed by atoms with Gasteiger partial charge in [0.2, 0.25) is 0 Å². The number of carboxylic acid groups (broad SMARTS) is 1. The molecule has 0 unspecified atom stereocenters. The van der Waals surface area contributed by atoms with E-state index in [-0.39, 0.29) is 30.3 Å². The van der Waals surface area contributed by atoms with E-state index < -0.39 is 5.97 Å². The molecule has 0 heterocycles. The number of nitrogens with one attached hydrogen (secondary N) is 1. The number of hydrogen-bond donors (Lipinski definition) is 2. The van der Waals surface area contributed by atoms with Crippen molar-refractivity contribution in [3.63, 3.8) is 0 Å². The van der Waals surface area contributed by atoms with Crippen LogP contribution in [0.4, 0.5) is 0 Å². The van der Waals surface area contributed by atoms with Crippen molar-refractivity contribution in [2.45, 2.75) is 13.2 Å². The van der Waals surface area contributed by atoms with Crippen LogP contribution in [0.25, 0.3) is 0 Å². The van der Waals surface area contributed by atoms with Gasteiger partial charge in [-0.05, 0) is 19.9 Å². The van der Waals surface area contributed by atoms with Crippen LogP contribution in [0.1, 0.15) is 6.92 Å². The quantitative estimate of drug-likeness (QED) is 0.317. The Hall–Kier alpha value is -0.395. The van der Waals surface area contributed by atoms with Gasteiger partial charge in [0.05, 0.1) is 6.61 Å². The molecule has 6 heteroatoms. The molecule has 0 rings (SSSR count). The summed E-state index contributed by atoms with van der Waals surface area (Å²) in [6, 6.07) is 0. The number of aliphatic carboxylic acids is 1. The van der Waals surface area contributed by atoms with E-state index in [0.29, 0.717) is 18.9 Å². The lowest BCUT2D eigenvalue weighted by atomic mass is 9.75. The van der Waals surface area contributed by atoms with Gasteiger partial charge in [-0.2, -0.15) is 0 Å². The lowest BCUT2D eigenvalue weighted by Crippen LogP contribution is -2.22. The van der Waals surface area contributed by atoms with E-state index >= 15 is 0 Å². The molecular formula is C7H14BINO3. The molecule has 0 aromatic heterocycles. The standard InChI is InChI=1S/C7H13BNO3.HI/c1-3-12-6(2)9-5-8-4-7(10)11;/h9H,2-5H2,1H3,(H,10,11);1H. The molecule has 0 amide bonds. The van der Waals surface area contributed by atoms with Crippen molar-refractivity contribution >= 4 is 37.2 Å². The van der Waals surface area contributed by atoms with Crippen LogP contribution >= 0.6 is 24.0 Å². The summed E-state index contributed by atoms with van der Waals surface area (Å²) in [7, 11) is 1.60. The third-order valence-electron chi connectivity index (χ3n) is 1.08. The fourth-order valence-electron chi connectivity index (χ4n) is 0.607. The van der Waals surface area contributed by atoms with Crippen LogP contribution in [-0.4, -0.2) is 31.4 Å². The van der Waals surface area contributed by atoms with Crippen LogP contribution in [0.15, 0.2) is 12.5 Å². The number of ether oxygens (including phenoxy) is 1. The molecule has 0 aliphatic heterocycles. The molecule has 0 spiro atoms. The predicted octanol–water partition coefficient (Wildman–Crippen LogP) is 0.866. The van der Waals surface area contributed by atoms with Gasteiger partial charge >= 0.3 is 0 Å². The van der Waals surface area contributed by atoms with Gasteiger partial charge in [-0.3, -0.25) is 4.79 Å². The third-order valence-corrected chi connectivity index (χ3v) is 1.08. The minimum atomic E-state index is -0.834. The first-order chi connectivity index (χ1) is 5.66. The Morgan fingerprint density at radius 1 is 1.69 bits per heavy atom. The highest BCUT2D eigenvalue weighted by atomic mass is 127. The average molecular weight is 298 g/mol. The molecule has 0 aromatic rings. The molecule has 0 aliphatic carbocycles. The zero-order valence-electron chi connectivity index (χ0n) is 7.58. The molecule has 0 saturated heterocycles. The van der Waals surface area contributed by atoms with Gasteiger partial charge in [-0.15, -0.1) is 24.0 Å². The zero-order chi connectivity index (χ0) is 9.40. The topological polar surface area (TPSA) is 58.6 Å². The predicted molar refractivity (Wildman–Crippen MR) is 62.4 cm³/mol. The summed E-state index contributed by atoms with van der Waals surface area (Å²) in [5, 5.41) is 11.1. The van der Waals surface area contributed by atoms with E-state index in [9.17, 15) is 4.79 Å². The van der Waals surface area contributed by atoms with Crippen molar-refractivity contribution in [1.29, 1.82) is 0 Å². The highest BCUT2D eigenvalue weighted by molar-refractivity contribution is 14.0. The average Bonchev–Trinajstić information content (AvgIpc) is 1.98. The number of halogens is 1. The number of carbonyl (C=O) groups is 1. The van der Waals surface area contributed by atoms with Crippen LogP contribution in [0.2, 0.25) is 6.32 Å². The normalized spacial score (nSPS) is 8.08. The molecule has 0 bridgehead atoms. The zero-order valence-corrected chi connectivity index (χ0v) is 9.91. The van der Waals surface area contributed by atoms with Crippen LogP contribution < -0.4 is 5.32 Å². The second-order valence-electron chi connectivity index (χ2n) is 2.12. The van der Waals surface area contributed by atoms with Gasteiger partial charge in [-0.1, -0.05) is 0 Å². The first-order valence-electron chi connectivity index (χ1n) is 3.75. The van der Waals surface area contributed by atoms with E-state index in [0.717, 1.165) is 0 Å². The van der Waals surface area contributed by atoms with Crippen molar-refractivity contribution in [1.82, 2.24) is 5.32 Å². The van der Waals surface area contributed by atoms with E-state index in [4.69, 9.17) is 9.84 Å². The van der Waals surface area contributed by atoms with Gasteiger partial charge in [0.1, 0.15) is 7.28 Å². The SMILES string of the molecule is C=C(NC[B]CC(=O)O)OCC.I. The first-order valence-corrected chi connectivity index (χ1v) is 3.75. The van der Waals surface area contributed by atoms with Crippen molar-refractivity contribution in [3.05, 3.63) is 12.5 Å². The number of rotatable bonds is 7. The summed E-state index contributed by atoms with van der Waals surface area (Å²) in [6.45, 7) is 5.98. The summed E-state index contributed by atoms with van der Waals surface area (Å²) in [4.78, 5) is 10.1. The van der Waals surface area contributed by atoms with Gasteiger partial charge in [0, 0.05) is 6.32 Å². The van der Waals surface area contributed by atoms with E-state index in [1.807, 2.05) is 6.92 Å². The third kappa shape index (κ3) is 11.6. The monoisotopic (exact) mass is 298 g/mol. The highest BCUT2D eigenvalue weighted by Crippen LogP contribution is 1.85.